The highest BCUT2D eigenvalue weighted by Gasteiger charge is 2.18. The summed E-state index contributed by atoms with van der Waals surface area (Å²) in [7, 11) is 0. The van der Waals surface area contributed by atoms with Gasteiger partial charge >= 0.3 is 5.97 Å². The van der Waals surface area contributed by atoms with Gasteiger partial charge in [0.2, 0.25) is 5.91 Å². The smallest absolute Gasteiger partial charge is 0.304 e. The molecule has 7 heteroatoms. The van der Waals surface area contributed by atoms with Gasteiger partial charge in [0, 0.05) is 17.5 Å². The van der Waals surface area contributed by atoms with Crippen molar-refractivity contribution in [3.8, 4) is 0 Å². The molecule has 0 aromatic heterocycles. The summed E-state index contributed by atoms with van der Waals surface area (Å²) in [5, 5.41) is 23.4. The number of benzene rings is 1. The minimum atomic E-state index is -0.950. The van der Waals surface area contributed by atoms with Crippen LogP contribution in [-0.2, 0) is 9.59 Å². The number of nitrogens with zero attached hydrogens (tertiary/aromatic N) is 1. The van der Waals surface area contributed by atoms with Crippen LogP contribution < -0.4 is 5.32 Å². The molecular formula is C14H17ClN2O4. The molecule has 0 aliphatic rings. The van der Waals surface area contributed by atoms with Crippen LogP contribution in [-0.4, -0.2) is 34.9 Å². The second kappa shape index (κ2) is 8.26. The van der Waals surface area contributed by atoms with Gasteiger partial charge in [0.05, 0.1) is 18.6 Å². The first-order chi connectivity index (χ1) is 9.93. The van der Waals surface area contributed by atoms with Gasteiger partial charge < -0.3 is 15.6 Å². The van der Waals surface area contributed by atoms with Crippen molar-refractivity contribution in [1.82, 2.24) is 5.32 Å². The van der Waals surface area contributed by atoms with Gasteiger partial charge in [-0.15, -0.1) is 5.16 Å². The van der Waals surface area contributed by atoms with Crippen LogP contribution in [0, 0.1) is 5.92 Å². The normalized spacial score (nSPS) is 13.8. The second-order valence-electron chi connectivity index (χ2n) is 4.64. The first kappa shape index (κ1) is 17.0. The monoisotopic (exact) mass is 312 g/mol. The van der Waals surface area contributed by atoms with Crippen LogP contribution in [0.4, 0.5) is 0 Å². The molecule has 3 N–H and O–H groups in total. The van der Waals surface area contributed by atoms with E-state index in [9.17, 15) is 9.59 Å². The summed E-state index contributed by atoms with van der Waals surface area (Å²) in [6.07, 6.45) is 0.994. The van der Waals surface area contributed by atoms with Crippen molar-refractivity contribution < 1.29 is 19.9 Å². The summed E-state index contributed by atoms with van der Waals surface area (Å²) < 4.78 is 0. The molecule has 1 aromatic carbocycles. The third-order valence-electron chi connectivity index (χ3n) is 2.99. The number of rotatable bonds is 7. The summed E-state index contributed by atoms with van der Waals surface area (Å²) in [6, 6.07) is 6.82. The lowest BCUT2D eigenvalue weighted by molar-refractivity contribution is -0.137. The van der Waals surface area contributed by atoms with Crippen LogP contribution >= 0.6 is 11.6 Å². The molecule has 0 saturated heterocycles. The predicted octanol–water partition coefficient (Wildman–Crippen LogP) is 2.11. The summed E-state index contributed by atoms with van der Waals surface area (Å²) in [4.78, 5) is 22.7. The molecule has 114 valence electrons. The van der Waals surface area contributed by atoms with Crippen LogP contribution in [0.3, 0.4) is 0 Å². The van der Waals surface area contributed by atoms with Gasteiger partial charge in [-0.2, -0.15) is 0 Å². The lowest BCUT2D eigenvalue weighted by Gasteiger charge is -2.17. The average Bonchev–Trinajstić information content (AvgIpc) is 2.44. The highest BCUT2D eigenvalue weighted by atomic mass is 35.5. The van der Waals surface area contributed by atoms with Crippen LogP contribution in [0.2, 0.25) is 5.02 Å². The van der Waals surface area contributed by atoms with E-state index in [0.717, 1.165) is 11.8 Å². The molecule has 1 amide bonds. The molecule has 1 rings (SSSR count). The molecule has 2 atom stereocenters. The molecule has 0 bridgehead atoms. The average molecular weight is 313 g/mol. The Morgan fingerprint density at radius 3 is 2.52 bits per heavy atom. The maximum Gasteiger partial charge on any atom is 0.304 e. The van der Waals surface area contributed by atoms with Crippen LogP contribution in [0.25, 0.3) is 0 Å². The van der Waals surface area contributed by atoms with E-state index in [1.54, 1.807) is 31.2 Å². The van der Waals surface area contributed by atoms with E-state index >= 15 is 0 Å². The first-order valence-corrected chi connectivity index (χ1v) is 6.74. The zero-order valence-electron chi connectivity index (χ0n) is 11.5. The van der Waals surface area contributed by atoms with Crippen molar-refractivity contribution in [3.63, 3.8) is 0 Å². The number of carbonyl (C=O) groups excluding carboxylic acids is 1. The van der Waals surface area contributed by atoms with Crippen molar-refractivity contribution in [2.24, 2.45) is 11.1 Å². The maximum absolute atomic E-state index is 11.7. The standard InChI is InChI=1S/C14H17ClN2O4/c1-9(7-17-21)14(20)16-8-11(6-13(18)19)10-2-4-12(15)5-3-10/h2-5,7,9,11,21H,6,8H2,1H3,(H,16,20)(H,18,19)/b17-7+/t9-,11+/m1/s1. The highest BCUT2D eigenvalue weighted by molar-refractivity contribution is 6.30. The number of carboxylic acids is 1. The fourth-order valence-electron chi connectivity index (χ4n) is 1.81. The Labute approximate surface area is 127 Å². The maximum atomic E-state index is 11.7. The van der Waals surface area contributed by atoms with Crippen LogP contribution in [0.15, 0.2) is 29.4 Å². The number of oxime groups is 1. The third-order valence-corrected chi connectivity index (χ3v) is 3.24. The number of aliphatic carboxylic acids is 1. The molecule has 0 heterocycles. The van der Waals surface area contributed by atoms with Gasteiger partial charge in [-0.3, -0.25) is 9.59 Å². The lowest BCUT2D eigenvalue weighted by Crippen LogP contribution is -2.34. The quantitative estimate of drug-likeness (QED) is 0.408. The zero-order chi connectivity index (χ0) is 15.8. The predicted molar refractivity (Wildman–Crippen MR) is 78.9 cm³/mol. The summed E-state index contributed by atoms with van der Waals surface area (Å²) >= 11 is 5.80. The Morgan fingerprint density at radius 1 is 1.38 bits per heavy atom. The zero-order valence-corrected chi connectivity index (χ0v) is 12.2. The van der Waals surface area contributed by atoms with Crippen LogP contribution in [0.1, 0.15) is 24.8 Å². The van der Waals surface area contributed by atoms with E-state index in [4.69, 9.17) is 21.9 Å². The molecule has 21 heavy (non-hydrogen) atoms. The van der Waals surface area contributed by atoms with Gasteiger partial charge in [0.25, 0.3) is 0 Å². The number of nitrogens with one attached hydrogen (secondary N) is 1. The second-order valence-corrected chi connectivity index (χ2v) is 5.08. The highest BCUT2D eigenvalue weighted by Crippen LogP contribution is 2.21. The molecule has 6 nitrogen and oxygen atoms in total. The van der Waals surface area contributed by atoms with Crippen molar-refractivity contribution in [3.05, 3.63) is 34.9 Å². The number of hydrogen-bond acceptors (Lipinski definition) is 4. The SMILES string of the molecule is C[C@H](/C=N/O)C(=O)NC[C@H](CC(=O)O)c1ccc(Cl)cc1. The number of halogens is 1. The fraction of sp³-hybridized carbons (Fsp3) is 0.357. The van der Waals surface area contributed by atoms with E-state index in [1.165, 1.54) is 0 Å². The molecule has 0 unspecified atom stereocenters. The van der Waals surface area contributed by atoms with Crippen molar-refractivity contribution in [1.29, 1.82) is 0 Å². The molecule has 0 fully saturated rings. The van der Waals surface area contributed by atoms with Gasteiger partial charge in [-0.05, 0) is 24.6 Å². The lowest BCUT2D eigenvalue weighted by atomic mass is 9.95. The Bertz CT molecular complexity index is 516. The minimum absolute atomic E-state index is 0.107. The molecule has 0 aliphatic carbocycles. The fourth-order valence-corrected chi connectivity index (χ4v) is 1.93. The number of carbonyl (C=O) groups is 2. The molecule has 0 aliphatic heterocycles. The number of hydrogen-bond donors (Lipinski definition) is 3. The molecule has 0 saturated carbocycles. The topological polar surface area (TPSA) is 99.0 Å². The van der Waals surface area contributed by atoms with E-state index in [0.29, 0.717) is 5.02 Å². The van der Waals surface area contributed by atoms with Crippen molar-refractivity contribution in [2.45, 2.75) is 19.3 Å². The number of amides is 1. The Morgan fingerprint density at radius 2 is 2.00 bits per heavy atom. The Balaban J connectivity index is 2.73. The summed E-state index contributed by atoms with van der Waals surface area (Å²) in [6.45, 7) is 1.75. The van der Waals surface area contributed by atoms with Gasteiger partial charge in [-0.25, -0.2) is 0 Å². The van der Waals surface area contributed by atoms with Gasteiger partial charge in [0.1, 0.15) is 0 Å². The van der Waals surface area contributed by atoms with E-state index in [1.807, 2.05) is 0 Å². The van der Waals surface area contributed by atoms with Crippen molar-refractivity contribution >= 4 is 29.7 Å². The largest absolute Gasteiger partial charge is 0.481 e. The van der Waals surface area contributed by atoms with E-state index in [2.05, 4.69) is 10.5 Å². The third kappa shape index (κ3) is 5.83. The van der Waals surface area contributed by atoms with Crippen molar-refractivity contribution in [2.75, 3.05) is 6.54 Å². The molecule has 0 radical (unpaired) electrons. The Hall–Kier alpha value is -2.08. The molecule has 0 spiro atoms. The van der Waals surface area contributed by atoms with E-state index in [-0.39, 0.29) is 24.8 Å². The Kier molecular flexibility index (Phi) is 6.68. The van der Waals surface area contributed by atoms with Gasteiger partial charge in [0.15, 0.2) is 0 Å². The molecular weight excluding hydrogens is 296 g/mol. The van der Waals surface area contributed by atoms with E-state index < -0.39 is 11.9 Å². The van der Waals surface area contributed by atoms with Crippen LogP contribution in [0.5, 0.6) is 0 Å². The first-order valence-electron chi connectivity index (χ1n) is 6.36. The summed E-state index contributed by atoms with van der Waals surface area (Å²) in [5.41, 5.74) is 0.783. The number of carboxylic acid groups (broad SMARTS) is 1. The molecule has 1 aromatic rings. The minimum Gasteiger partial charge on any atom is -0.481 e. The summed E-state index contributed by atoms with van der Waals surface area (Å²) in [5.74, 6) is -2.24. The van der Waals surface area contributed by atoms with Gasteiger partial charge in [-0.1, -0.05) is 23.7 Å².